The van der Waals surface area contributed by atoms with Crippen LogP contribution in [0.1, 0.15) is 55.2 Å². The molecule has 0 aliphatic rings. The summed E-state index contributed by atoms with van der Waals surface area (Å²) in [5.41, 5.74) is 2.01. The molecule has 0 saturated carbocycles. The smallest absolute Gasteiger partial charge is 0.328 e. The summed E-state index contributed by atoms with van der Waals surface area (Å²) in [6, 6.07) is 9.31. The molecule has 1 aromatic carbocycles. The molecule has 3 aromatic rings. The first-order valence-corrected chi connectivity index (χ1v) is 12.8. The highest BCUT2D eigenvalue weighted by Gasteiger charge is 2.25. The monoisotopic (exact) mass is 525 g/mol. The zero-order chi connectivity index (χ0) is 26.9. The quantitative estimate of drug-likeness (QED) is 0.226. The van der Waals surface area contributed by atoms with E-state index < -0.39 is 17.9 Å². The number of hydrogen-bond acceptors (Lipinski definition) is 8. The van der Waals surface area contributed by atoms with Crippen molar-refractivity contribution in [3.8, 4) is 5.75 Å². The number of aliphatic carboxylic acids is 1. The summed E-state index contributed by atoms with van der Waals surface area (Å²) in [5, 5.41) is 27.3. The maximum atomic E-state index is 12.9. The number of aromatic hydroxyl groups is 1. The summed E-state index contributed by atoms with van der Waals surface area (Å²) in [6.07, 6.45) is 2.35. The summed E-state index contributed by atoms with van der Waals surface area (Å²) in [4.78, 5) is 47.2. The number of phenolic OH excluding ortho intramolecular Hbond substituents is 1. The number of nitrogens with zero attached hydrogens (tertiary/aromatic N) is 2. The van der Waals surface area contributed by atoms with Gasteiger partial charge in [0, 0.05) is 18.0 Å². The molecule has 3 rings (SSSR count). The molecule has 37 heavy (non-hydrogen) atoms. The van der Waals surface area contributed by atoms with Gasteiger partial charge in [-0.05, 0) is 62.9 Å². The lowest BCUT2D eigenvalue weighted by molar-refractivity contribution is -0.139. The Hall–Kier alpha value is -3.99. The van der Waals surface area contributed by atoms with Gasteiger partial charge in [-0.2, -0.15) is 0 Å². The van der Waals surface area contributed by atoms with E-state index in [2.05, 4.69) is 25.9 Å². The number of aromatic nitrogens is 2. The summed E-state index contributed by atoms with van der Waals surface area (Å²) >= 11 is 1.34. The van der Waals surface area contributed by atoms with Gasteiger partial charge in [-0.25, -0.2) is 14.8 Å². The molecule has 196 valence electrons. The van der Waals surface area contributed by atoms with E-state index in [1.54, 1.807) is 38.1 Å². The first kappa shape index (κ1) is 27.6. The van der Waals surface area contributed by atoms with Crippen LogP contribution in [0.25, 0.3) is 0 Å². The molecule has 2 amide bonds. The number of carboxylic acids is 1. The number of carboxylic acid groups (broad SMARTS) is 1. The zero-order valence-electron chi connectivity index (χ0n) is 21.0. The van der Waals surface area contributed by atoms with Gasteiger partial charge in [-0.3, -0.25) is 9.59 Å². The Morgan fingerprint density at radius 2 is 1.78 bits per heavy atom. The maximum absolute atomic E-state index is 12.9. The van der Waals surface area contributed by atoms with Crippen molar-refractivity contribution in [3.63, 3.8) is 0 Å². The molecule has 11 heteroatoms. The number of hydrogen-bond donors (Lipinski definition) is 5. The minimum absolute atomic E-state index is 0.189. The predicted molar refractivity (Wildman–Crippen MR) is 141 cm³/mol. The number of phenols is 1. The number of amides is 2. The average Bonchev–Trinajstić information content (AvgIpc) is 3.33. The number of thiophene rings is 1. The van der Waals surface area contributed by atoms with E-state index in [0.29, 0.717) is 28.8 Å². The molecule has 0 spiro atoms. The van der Waals surface area contributed by atoms with Crippen LogP contribution in [0.4, 0.5) is 5.95 Å². The number of rotatable bonds is 12. The van der Waals surface area contributed by atoms with E-state index in [1.165, 1.54) is 11.3 Å². The van der Waals surface area contributed by atoms with Gasteiger partial charge < -0.3 is 26.2 Å². The normalized spacial score (nSPS) is 11.5. The van der Waals surface area contributed by atoms with Crippen molar-refractivity contribution < 1.29 is 24.6 Å². The number of carbonyl (C=O) groups excluding carboxylic acids is 2. The van der Waals surface area contributed by atoms with Crippen LogP contribution in [0.3, 0.4) is 0 Å². The number of benzene rings is 1. The highest BCUT2D eigenvalue weighted by molar-refractivity contribution is 7.14. The van der Waals surface area contributed by atoms with Gasteiger partial charge in [0.2, 0.25) is 5.95 Å². The third kappa shape index (κ3) is 7.74. The van der Waals surface area contributed by atoms with Crippen molar-refractivity contribution in [1.29, 1.82) is 0 Å². The summed E-state index contributed by atoms with van der Waals surface area (Å²) in [5.74, 6) is -1.69. The minimum Gasteiger partial charge on any atom is -0.508 e. The molecule has 0 unspecified atom stereocenters. The van der Waals surface area contributed by atoms with E-state index in [0.717, 1.165) is 29.7 Å². The zero-order valence-corrected chi connectivity index (χ0v) is 21.8. The van der Waals surface area contributed by atoms with E-state index in [9.17, 15) is 24.6 Å². The molecular formula is C26H31N5O5S. The van der Waals surface area contributed by atoms with Crippen molar-refractivity contribution in [2.45, 2.75) is 46.1 Å². The largest absolute Gasteiger partial charge is 0.508 e. The lowest BCUT2D eigenvalue weighted by atomic mass is 10.1. The van der Waals surface area contributed by atoms with Crippen molar-refractivity contribution >= 4 is 35.1 Å². The highest BCUT2D eigenvalue weighted by Crippen LogP contribution is 2.17. The van der Waals surface area contributed by atoms with Crippen LogP contribution < -0.4 is 16.0 Å². The van der Waals surface area contributed by atoms with Crippen molar-refractivity contribution in [3.05, 3.63) is 68.7 Å². The van der Waals surface area contributed by atoms with Crippen LogP contribution in [0.2, 0.25) is 0 Å². The second-order valence-electron chi connectivity index (χ2n) is 8.49. The van der Waals surface area contributed by atoms with E-state index in [-0.39, 0.29) is 23.8 Å². The van der Waals surface area contributed by atoms with Crippen molar-refractivity contribution in [2.24, 2.45) is 0 Å². The van der Waals surface area contributed by atoms with Gasteiger partial charge >= 0.3 is 5.97 Å². The first-order valence-electron chi connectivity index (χ1n) is 12.0. The number of aryl methyl sites for hydroxylation is 4. The fourth-order valence-electron chi connectivity index (χ4n) is 3.73. The molecule has 0 aliphatic heterocycles. The van der Waals surface area contributed by atoms with Gasteiger partial charge in [0.25, 0.3) is 11.8 Å². The summed E-state index contributed by atoms with van der Waals surface area (Å²) in [7, 11) is 0. The predicted octanol–water partition coefficient (Wildman–Crippen LogP) is 3.08. The van der Waals surface area contributed by atoms with Crippen LogP contribution >= 0.6 is 11.3 Å². The molecule has 0 radical (unpaired) electrons. The molecule has 1 atom stereocenters. The number of carbonyl (C=O) groups is 3. The maximum Gasteiger partial charge on any atom is 0.328 e. The van der Waals surface area contributed by atoms with Gasteiger partial charge in [0.1, 0.15) is 11.8 Å². The van der Waals surface area contributed by atoms with Crippen LogP contribution in [0, 0.1) is 13.8 Å². The third-order valence-corrected chi connectivity index (χ3v) is 6.87. The molecule has 0 bridgehead atoms. The van der Waals surface area contributed by atoms with Crippen molar-refractivity contribution in [2.75, 3.05) is 18.4 Å². The average molecular weight is 526 g/mol. The SMILES string of the molecule is CCc1ccc(C(=O)NC[C@H](NC(=O)c2c(C)nc(NCCCc3cccc(O)c3)nc2C)C(=O)O)s1. The van der Waals surface area contributed by atoms with Gasteiger partial charge in [-0.15, -0.1) is 11.3 Å². The molecule has 2 aromatic heterocycles. The van der Waals surface area contributed by atoms with Gasteiger partial charge in [0.15, 0.2) is 0 Å². The standard InChI is InChI=1S/C26H31N5O5S/c1-4-19-10-11-21(37-19)23(33)28-14-20(25(35)36)31-24(34)22-15(2)29-26(30-16(22)3)27-12-6-8-17-7-5-9-18(32)13-17/h5,7,9-11,13,20,32H,4,6,8,12,14H2,1-3H3,(H,28,33)(H,31,34)(H,35,36)(H,27,29,30)/t20-/m0/s1. The van der Waals surface area contributed by atoms with E-state index in [4.69, 9.17) is 0 Å². The Bertz CT molecular complexity index is 1250. The highest BCUT2D eigenvalue weighted by atomic mass is 32.1. The fraction of sp³-hybridized carbons (Fsp3) is 0.346. The van der Waals surface area contributed by atoms with E-state index >= 15 is 0 Å². The van der Waals surface area contributed by atoms with Crippen LogP contribution in [0.5, 0.6) is 5.75 Å². The molecule has 10 nitrogen and oxygen atoms in total. The van der Waals surface area contributed by atoms with Gasteiger partial charge in [-0.1, -0.05) is 19.1 Å². The second kappa shape index (κ2) is 12.8. The van der Waals surface area contributed by atoms with Gasteiger partial charge in [0.05, 0.1) is 21.8 Å². The second-order valence-corrected chi connectivity index (χ2v) is 9.66. The van der Waals surface area contributed by atoms with Crippen molar-refractivity contribution in [1.82, 2.24) is 20.6 Å². The minimum atomic E-state index is -1.32. The Morgan fingerprint density at radius 1 is 1.05 bits per heavy atom. The topological polar surface area (TPSA) is 154 Å². The molecule has 0 aliphatic carbocycles. The van der Waals surface area contributed by atoms with Crippen LogP contribution in [-0.4, -0.2) is 57.1 Å². The van der Waals surface area contributed by atoms with Crippen LogP contribution in [-0.2, 0) is 17.6 Å². The van der Waals surface area contributed by atoms with E-state index in [1.807, 2.05) is 19.1 Å². The first-order chi connectivity index (χ1) is 17.7. The van der Waals surface area contributed by atoms with Crippen LogP contribution in [0.15, 0.2) is 36.4 Å². The molecular weight excluding hydrogens is 494 g/mol. The molecule has 2 heterocycles. The Labute approximate surface area is 219 Å². The summed E-state index contributed by atoms with van der Waals surface area (Å²) < 4.78 is 0. The third-order valence-electron chi connectivity index (χ3n) is 5.64. The lowest BCUT2D eigenvalue weighted by Crippen LogP contribution is -2.48. The lowest BCUT2D eigenvalue weighted by Gasteiger charge is -2.17. The summed E-state index contributed by atoms with van der Waals surface area (Å²) in [6.45, 7) is 5.61. The Kier molecular flexibility index (Phi) is 9.56. The molecule has 0 fully saturated rings. The number of anilines is 1. The molecule has 5 N–H and O–H groups in total. The molecule has 0 saturated heterocycles. The Morgan fingerprint density at radius 3 is 2.41 bits per heavy atom. The fourth-order valence-corrected chi connectivity index (χ4v) is 4.59. The Balaban J connectivity index is 1.56. The number of nitrogens with one attached hydrogen (secondary N) is 3.